The van der Waals surface area contributed by atoms with Gasteiger partial charge in [-0.15, -0.1) is 0 Å². The molecule has 2 aliphatic carbocycles. The number of nitrogens with zero attached hydrogens (tertiary/aromatic N) is 2. The molecule has 5 rings (SSSR count). The summed E-state index contributed by atoms with van der Waals surface area (Å²) in [6.07, 6.45) is 5.96. The van der Waals surface area contributed by atoms with E-state index in [-0.39, 0.29) is 5.41 Å². The van der Waals surface area contributed by atoms with E-state index in [1.807, 2.05) is 12.1 Å². The molecule has 1 aliphatic heterocycles. The zero-order valence-corrected chi connectivity index (χ0v) is 19.2. The third-order valence-electron chi connectivity index (χ3n) is 8.17. The van der Waals surface area contributed by atoms with Gasteiger partial charge in [0.25, 0.3) is 0 Å². The number of benzene rings is 2. The molecule has 2 aromatic carbocycles. The first-order valence-corrected chi connectivity index (χ1v) is 12.2. The maximum absolute atomic E-state index is 11.7. The molecule has 2 aromatic rings. The number of carboxylic acid groups (broad SMARTS) is 1. The van der Waals surface area contributed by atoms with Crippen molar-refractivity contribution in [3.8, 4) is 6.07 Å². The standard InChI is InChI=1S/C28H33N3O2/c29-18-22-8-6-21(7-9-22)17-27(19-30-25-16-24(25)23-4-2-1-3-5-23)12-14-31(15-13-27)20-28(10-11-28)26(32)33/h1-9,24-25,30H,10-17,19-20H2,(H,32,33)/t24?,25-/m1/s1. The second kappa shape index (κ2) is 8.93. The van der Waals surface area contributed by atoms with Crippen LogP contribution in [0.25, 0.3) is 0 Å². The summed E-state index contributed by atoms with van der Waals surface area (Å²) in [6.45, 7) is 3.60. The third kappa shape index (κ3) is 4.98. The summed E-state index contributed by atoms with van der Waals surface area (Å²) in [5.74, 6) is -0.0113. The number of nitriles is 1. The maximum atomic E-state index is 11.7. The van der Waals surface area contributed by atoms with Crippen LogP contribution < -0.4 is 5.32 Å². The van der Waals surface area contributed by atoms with Gasteiger partial charge in [0.05, 0.1) is 17.0 Å². The Morgan fingerprint density at radius 2 is 1.76 bits per heavy atom. The highest BCUT2D eigenvalue weighted by Crippen LogP contribution is 2.48. The predicted molar refractivity (Wildman–Crippen MR) is 128 cm³/mol. The summed E-state index contributed by atoms with van der Waals surface area (Å²) < 4.78 is 0. The number of carbonyl (C=O) groups is 1. The molecule has 5 nitrogen and oxygen atoms in total. The summed E-state index contributed by atoms with van der Waals surface area (Å²) in [4.78, 5) is 14.0. The van der Waals surface area contributed by atoms with E-state index in [2.05, 4.69) is 58.8 Å². The van der Waals surface area contributed by atoms with Gasteiger partial charge in [-0.1, -0.05) is 42.5 Å². The first kappa shape index (κ1) is 22.1. The van der Waals surface area contributed by atoms with Crippen molar-refractivity contribution in [1.82, 2.24) is 10.2 Å². The van der Waals surface area contributed by atoms with Gasteiger partial charge in [0.1, 0.15) is 0 Å². The molecule has 33 heavy (non-hydrogen) atoms. The van der Waals surface area contributed by atoms with Gasteiger partial charge in [-0.25, -0.2) is 0 Å². The summed E-state index contributed by atoms with van der Waals surface area (Å²) in [5.41, 5.74) is 3.09. The number of carboxylic acids is 1. The molecule has 0 radical (unpaired) electrons. The molecule has 2 saturated carbocycles. The highest BCUT2D eigenvalue weighted by Gasteiger charge is 2.52. The molecule has 0 bridgehead atoms. The van der Waals surface area contributed by atoms with Gasteiger partial charge < -0.3 is 15.3 Å². The lowest BCUT2D eigenvalue weighted by molar-refractivity contribution is -0.144. The quantitative estimate of drug-likeness (QED) is 0.608. The SMILES string of the molecule is N#Cc1ccc(CC2(CN[C@@H]3CC3c3ccccc3)CCN(CC3(C(=O)O)CC3)CC2)cc1. The molecule has 2 N–H and O–H groups in total. The number of piperidine rings is 1. The number of hydrogen-bond acceptors (Lipinski definition) is 4. The number of rotatable bonds is 9. The largest absolute Gasteiger partial charge is 0.481 e. The number of likely N-dealkylation sites (tertiary alicyclic amines) is 1. The fourth-order valence-corrected chi connectivity index (χ4v) is 5.59. The minimum Gasteiger partial charge on any atom is -0.481 e. The lowest BCUT2D eigenvalue weighted by Gasteiger charge is -2.43. The van der Waals surface area contributed by atoms with E-state index in [1.54, 1.807) is 0 Å². The summed E-state index contributed by atoms with van der Waals surface area (Å²) in [5, 5.41) is 22.6. The van der Waals surface area contributed by atoms with Crippen molar-refractivity contribution in [1.29, 1.82) is 5.26 Å². The van der Waals surface area contributed by atoms with Crippen LogP contribution >= 0.6 is 0 Å². The zero-order valence-electron chi connectivity index (χ0n) is 19.2. The molecule has 0 spiro atoms. The van der Waals surface area contributed by atoms with E-state index >= 15 is 0 Å². The average molecular weight is 444 g/mol. The number of hydrogen-bond donors (Lipinski definition) is 2. The fourth-order valence-electron chi connectivity index (χ4n) is 5.59. The van der Waals surface area contributed by atoms with Gasteiger partial charge in [-0.05, 0) is 80.3 Å². The Morgan fingerprint density at radius 3 is 2.36 bits per heavy atom. The minimum atomic E-state index is -0.626. The Labute approximate surface area is 196 Å². The Morgan fingerprint density at radius 1 is 1.06 bits per heavy atom. The van der Waals surface area contributed by atoms with Crippen molar-refractivity contribution in [2.45, 2.75) is 50.5 Å². The van der Waals surface area contributed by atoms with Gasteiger partial charge in [-0.3, -0.25) is 4.79 Å². The molecule has 0 amide bonds. The molecule has 3 fully saturated rings. The Kier molecular flexibility index (Phi) is 5.99. The van der Waals surface area contributed by atoms with Crippen LogP contribution in [0.4, 0.5) is 0 Å². The van der Waals surface area contributed by atoms with Gasteiger partial charge in [-0.2, -0.15) is 5.26 Å². The van der Waals surface area contributed by atoms with Gasteiger partial charge in [0.2, 0.25) is 0 Å². The number of aliphatic carboxylic acids is 1. The van der Waals surface area contributed by atoms with E-state index in [9.17, 15) is 9.90 Å². The van der Waals surface area contributed by atoms with Crippen LogP contribution in [0, 0.1) is 22.2 Å². The summed E-state index contributed by atoms with van der Waals surface area (Å²) in [7, 11) is 0. The smallest absolute Gasteiger partial charge is 0.310 e. The summed E-state index contributed by atoms with van der Waals surface area (Å²) in [6, 6.07) is 21.6. The molecule has 1 saturated heterocycles. The summed E-state index contributed by atoms with van der Waals surface area (Å²) >= 11 is 0. The van der Waals surface area contributed by atoms with Crippen molar-refractivity contribution >= 4 is 5.97 Å². The molecular formula is C28H33N3O2. The average Bonchev–Trinajstić information content (AvgIpc) is 3.77. The molecule has 2 atom stereocenters. The maximum Gasteiger partial charge on any atom is 0.310 e. The van der Waals surface area contributed by atoms with Crippen LogP contribution in [0.2, 0.25) is 0 Å². The van der Waals surface area contributed by atoms with Gasteiger partial charge in [0, 0.05) is 25.0 Å². The predicted octanol–water partition coefficient (Wildman–Crippen LogP) is 4.19. The van der Waals surface area contributed by atoms with Crippen molar-refractivity contribution in [2.24, 2.45) is 10.8 Å². The number of nitrogens with one attached hydrogen (secondary N) is 1. The first-order chi connectivity index (χ1) is 16.0. The molecule has 1 unspecified atom stereocenters. The normalized spacial score (nSPS) is 25.2. The highest BCUT2D eigenvalue weighted by atomic mass is 16.4. The fraction of sp³-hybridized carbons (Fsp3) is 0.500. The first-order valence-electron chi connectivity index (χ1n) is 12.2. The third-order valence-corrected chi connectivity index (χ3v) is 8.17. The van der Waals surface area contributed by atoms with Crippen LogP contribution in [0.15, 0.2) is 54.6 Å². The molecule has 5 heteroatoms. The van der Waals surface area contributed by atoms with Gasteiger partial charge in [0.15, 0.2) is 0 Å². The van der Waals surface area contributed by atoms with Crippen molar-refractivity contribution < 1.29 is 9.90 Å². The Hall–Kier alpha value is -2.68. The van der Waals surface area contributed by atoms with E-state index in [0.717, 1.165) is 51.7 Å². The molecule has 1 heterocycles. The molecule has 0 aromatic heterocycles. The van der Waals surface area contributed by atoms with Crippen LogP contribution in [0.5, 0.6) is 0 Å². The van der Waals surface area contributed by atoms with Crippen LogP contribution in [-0.2, 0) is 11.2 Å². The van der Waals surface area contributed by atoms with E-state index in [0.29, 0.717) is 24.1 Å². The zero-order chi connectivity index (χ0) is 22.9. The minimum absolute atomic E-state index is 0.161. The lowest BCUT2D eigenvalue weighted by Crippen LogP contribution is -2.48. The van der Waals surface area contributed by atoms with Crippen molar-refractivity contribution in [3.05, 3.63) is 71.3 Å². The second-order valence-electron chi connectivity index (χ2n) is 10.6. The van der Waals surface area contributed by atoms with Gasteiger partial charge >= 0.3 is 5.97 Å². The van der Waals surface area contributed by atoms with E-state index in [4.69, 9.17) is 5.26 Å². The van der Waals surface area contributed by atoms with Crippen molar-refractivity contribution in [3.63, 3.8) is 0 Å². The lowest BCUT2D eigenvalue weighted by atomic mass is 9.73. The van der Waals surface area contributed by atoms with Crippen molar-refractivity contribution in [2.75, 3.05) is 26.2 Å². The topological polar surface area (TPSA) is 76.4 Å². The Bertz CT molecular complexity index is 1020. The van der Waals surface area contributed by atoms with E-state index < -0.39 is 11.4 Å². The molecule has 172 valence electrons. The van der Waals surface area contributed by atoms with Crippen LogP contribution in [0.1, 0.15) is 54.7 Å². The molecular weight excluding hydrogens is 410 g/mol. The van der Waals surface area contributed by atoms with E-state index in [1.165, 1.54) is 17.5 Å². The highest BCUT2D eigenvalue weighted by molar-refractivity contribution is 5.78. The van der Waals surface area contributed by atoms with Crippen LogP contribution in [0.3, 0.4) is 0 Å². The van der Waals surface area contributed by atoms with Crippen LogP contribution in [-0.4, -0.2) is 48.2 Å². The Balaban J connectivity index is 1.24. The molecule has 3 aliphatic rings. The monoisotopic (exact) mass is 443 g/mol. The second-order valence-corrected chi connectivity index (χ2v) is 10.6.